The second-order valence-electron chi connectivity index (χ2n) is 8.22. The first kappa shape index (κ1) is 21.2. The van der Waals surface area contributed by atoms with Crippen LogP contribution in [0.5, 0.6) is 0 Å². The van der Waals surface area contributed by atoms with Crippen molar-refractivity contribution >= 4 is 5.91 Å². The van der Waals surface area contributed by atoms with Gasteiger partial charge >= 0.3 is 0 Å². The summed E-state index contributed by atoms with van der Waals surface area (Å²) in [5.41, 5.74) is 0.732. The number of aryl methyl sites for hydroxylation is 1. The maximum atomic E-state index is 13.0. The highest BCUT2D eigenvalue weighted by atomic mass is 16.5. The zero-order chi connectivity index (χ0) is 21.0. The average molecular weight is 402 g/mol. The van der Waals surface area contributed by atoms with E-state index < -0.39 is 0 Å². The molecule has 1 amide bonds. The number of pyridine rings is 1. The molecule has 2 aromatic heterocycles. The molecule has 0 saturated carbocycles. The van der Waals surface area contributed by atoms with Crippen LogP contribution in [-0.2, 0) is 13.0 Å². The number of aromatic nitrogens is 3. The number of hydrogen-bond donors (Lipinski definition) is 1. The number of piperidine rings is 1. The quantitative estimate of drug-likeness (QED) is 0.763. The Balaban J connectivity index is 1.69. The van der Waals surface area contributed by atoms with Crippen LogP contribution in [0.4, 0.5) is 0 Å². The molecular formula is C21H31N5O3. The van der Waals surface area contributed by atoms with Gasteiger partial charge in [0.1, 0.15) is 5.56 Å². The number of hydrogen-bond acceptors (Lipinski definition) is 6. The van der Waals surface area contributed by atoms with Crippen LogP contribution in [0.2, 0.25) is 0 Å². The minimum atomic E-state index is -0.267. The Morgan fingerprint density at radius 3 is 2.90 bits per heavy atom. The number of nitrogens with zero attached hydrogens (tertiary/aromatic N) is 4. The zero-order valence-electron chi connectivity index (χ0n) is 17.8. The minimum Gasteiger partial charge on any atom is -0.341 e. The van der Waals surface area contributed by atoms with E-state index in [1.165, 1.54) is 0 Å². The molecule has 29 heavy (non-hydrogen) atoms. The predicted octanol–water partition coefficient (Wildman–Crippen LogP) is 1.98. The Labute approximate surface area is 171 Å². The third-order valence-electron chi connectivity index (χ3n) is 5.44. The van der Waals surface area contributed by atoms with Gasteiger partial charge in [0.05, 0.1) is 0 Å². The van der Waals surface area contributed by atoms with E-state index in [0.29, 0.717) is 42.7 Å². The highest BCUT2D eigenvalue weighted by Gasteiger charge is 2.22. The van der Waals surface area contributed by atoms with Gasteiger partial charge in [0.25, 0.3) is 11.5 Å². The van der Waals surface area contributed by atoms with Crippen LogP contribution in [0.3, 0.4) is 0 Å². The first-order valence-electron chi connectivity index (χ1n) is 10.4. The van der Waals surface area contributed by atoms with Crippen LogP contribution < -0.4 is 10.9 Å². The number of likely N-dealkylation sites (N-methyl/N-ethyl adjacent to an activating group) is 1. The van der Waals surface area contributed by atoms with Crippen molar-refractivity contribution in [3.63, 3.8) is 0 Å². The van der Waals surface area contributed by atoms with Crippen molar-refractivity contribution in [1.82, 2.24) is 24.9 Å². The molecule has 8 heteroatoms. The van der Waals surface area contributed by atoms with E-state index in [0.717, 1.165) is 25.9 Å². The molecule has 158 valence electrons. The van der Waals surface area contributed by atoms with Crippen LogP contribution in [-0.4, -0.2) is 52.2 Å². The summed E-state index contributed by atoms with van der Waals surface area (Å²) in [6, 6.07) is 1.85. The van der Waals surface area contributed by atoms with Crippen molar-refractivity contribution < 1.29 is 9.32 Å². The molecule has 3 rings (SSSR count). The van der Waals surface area contributed by atoms with Crippen molar-refractivity contribution in [2.75, 3.05) is 26.7 Å². The number of rotatable bonds is 7. The zero-order valence-corrected chi connectivity index (χ0v) is 17.8. The van der Waals surface area contributed by atoms with Crippen molar-refractivity contribution in [3.8, 4) is 0 Å². The van der Waals surface area contributed by atoms with Crippen molar-refractivity contribution in [3.05, 3.63) is 45.5 Å². The van der Waals surface area contributed by atoms with E-state index in [2.05, 4.69) is 15.5 Å². The fourth-order valence-corrected chi connectivity index (χ4v) is 3.59. The molecule has 8 nitrogen and oxygen atoms in total. The maximum Gasteiger partial charge on any atom is 0.263 e. The van der Waals surface area contributed by atoms with Gasteiger partial charge in [-0.25, -0.2) is 0 Å². The molecule has 1 fully saturated rings. The molecule has 1 saturated heterocycles. The van der Waals surface area contributed by atoms with Gasteiger partial charge in [-0.05, 0) is 50.4 Å². The van der Waals surface area contributed by atoms with Crippen molar-refractivity contribution in [1.29, 1.82) is 0 Å². The van der Waals surface area contributed by atoms with Gasteiger partial charge < -0.3 is 19.3 Å². The van der Waals surface area contributed by atoms with Crippen molar-refractivity contribution in [2.24, 2.45) is 5.92 Å². The van der Waals surface area contributed by atoms with Crippen molar-refractivity contribution in [2.45, 2.75) is 52.5 Å². The number of carbonyl (C=O) groups excluding carboxylic acids is 1. The Morgan fingerprint density at radius 2 is 2.24 bits per heavy atom. The molecule has 0 radical (unpaired) electrons. The summed E-state index contributed by atoms with van der Waals surface area (Å²) in [5, 5.41) is 7.33. The molecule has 0 aromatic carbocycles. The fraction of sp³-hybridized carbons (Fsp3) is 0.619. The highest BCUT2D eigenvalue weighted by Crippen LogP contribution is 2.14. The lowest BCUT2D eigenvalue weighted by Gasteiger charge is -2.24. The lowest BCUT2D eigenvalue weighted by Crippen LogP contribution is -2.39. The summed E-state index contributed by atoms with van der Waals surface area (Å²) in [7, 11) is 1.70. The van der Waals surface area contributed by atoms with Crippen LogP contribution in [0, 0.1) is 12.8 Å². The van der Waals surface area contributed by atoms with E-state index in [-0.39, 0.29) is 22.9 Å². The SMILES string of the molecule is Cc1ccn(CC2CCCNC2)c(=O)c1C(=O)N(C)CCc1noc(C(C)C)n1. The van der Waals surface area contributed by atoms with Gasteiger partial charge in [-0.3, -0.25) is 9.59 Å². The van der Waals surface area contributed by atoms with Gasteiger partial charge in [-0.1, -0.05) is 19.0 Å². The molecule has 3 heterocycles. The van der Waals surface area contributed by atoms with Gasteiger partial charge in [-0.15, -0.1) is 0 Å². The van der Waals surface area contributed by atoms with Crippen LogP contribution in [0.1, 0.15) is 60.2 Å². The normalized spacial score (nSPS) is 16.9. The van der Waals surface area contributed by atoms with Gasteiger partial charge in [0, 0.05) is 38.7 Å². The number of nitrogens with one attached hydrogen (secondary N) is 1. The fourth-order valence-electron chi connectivity index (χ4n) is 3.59. The predicted molar refractivity (Wildman–Crippen MR) is 110 cm³/mol. The molecule has 1 unspecified atom stereocenters. The van der Waals surface area contributed by atoms with Gasteiger partial charge in [-0.2, -0.15) is 4.98 Å². The Hall–Kier alpha value is -2.48. The minimum absolute atomic E-state index is 0.167. The van der Waals surface area contributed by atoms with Crippen LogP contribution in [0.15, 0.2) is 21.6 Å². The van der Waals surface area contributed by atoms with E-state index in [4.69, 9.17) is 4.52 Å². The third-order valence-corrected chi connectivity index (χ3v) is 5.44. The molecule has 2 aromatic rings. The van der Waals surface area contributed by atoms with E-state index in [9.17, 15) is 9.59 Å². The van der Waals surface area contributed by atoms with E-state index in [1.54, 1.807) is 22.7 Å². The summed E-state index contributed by atoms with van der Waals surface area (Å²) in [6.45, 7) is 8.77. The monoisotopic (exact) mass is 401 g/mol. The summed E-state index contributed by atoms with van der Waals surface area (Å²) >= 11 is 0. The molecule has 0 spiro atoms. The number of carbonyl (C=O) groups is 1. The maximum absolute atomic E-state index is 13.0. The third kappa shape index (κ3) is 5.12. The molecule has 1 atom stereocenters. The van der Waals surface area contributed by atoms with E-state index in [1.807, 2.05) is 26.8 Å². The lowest BCUT2D eigenvalue weighted by atomic mass is 9.99. The summed E-state index contributed by atoms with van der Waals surface area (Å²) < 4.78 is 6.89. The molecule has 1 aliphatic heterocycles. The van der Waals surface area contributed by atoms with Crippen LogP contribution >= 0.6 is 0 Å². The Bertz CT molecular complexity index is 896. The standard InChI is InChI=1S/C21H31N5O3/c1-14(2)19-23-17(24-29-19)8-10-25(4)20(27)18-15(3)7-11-26(21(18)28)13-16-6-5-9-22-12-16/h7,11,14,16,22H,5-6,8-10,12-13H2,1-4H3. The second-order valence-corrected chi connectivity index (χ2v) is 8.22. The van der Waals surface area contributed by atoms with Crippen LogP contribution in [0.25, 0.3) is 0 Å². The molecular weight excluding hydrogens is 370 g/mol. The van der Waals surface area contributed by atoms with Gasteiger partial charge in [0.2, 0.25) is 5.89 Å². The Morgan fingerprint density at radius 1 is 1.45 bits per heavy atom. The topological polar surface area (TPSA) is 93.3 Å². The van der Waals surface area contributed by atoms with E-state index >= 15 is 0 Å². The van der Waals surface area contributed by atoms with Gasteiger partial charge in [0.15, 0.2) is 5.82 Å². The Kier molecular flexibility index (Phi) is 6.84. The summed E-state index contributed by atoms with van der Waals surface area (Å²) in [5.74, 6) is 1.48. The second kappa shape index (κ2) is 9.35. The lowest BCUT2D eigenvalue weighted by molar-refractivity contribution is 0.0792. The molecule has 0 aliphatic carbocycles. The molecule has 0 bridgehead atoms. The summed E-state index contributed by atoms with van der Waals surface area (Å²) in [4.78, 5) is 31.9. The smallest absolute Gasteiger partial charge is 0.263 e. The highest BCUT2D eigenvalue weighted by molar-refractivity contribution is 5.95. The molecule has 1 aliphatic rings. The molecule has 1 N–H and O–H groups in total. The number of amides is 1. The first-order valence-corrected chi connectivity index (χ1v) is 10.4. The largest absolute Gasteiger partial charge is 0.341 e. The summed E-state index contributed by atoms with van der Waals surface area (Å²) in [6.07, 6.45) is 4.50. The first-order chi connectivity index (χ1) is 13.9. The average Bonchev–Trinajstić information content (AvgIpc) is 3.18.